The molecule has 152 valence electrons. The molecule has 0 aliphatic heterocycles. The van der Waals surface area contributed by atoms with Gasteiger partial charge in [0.25, 0.3) is 11.5 Å². The second kappa shape index (κ2) is 8.25. The molecule has 0 unspecified atom stereocenters. The Morgan fingerprint density at radius 1 is 1.27 bits per heavy atom. The van der Waals surface area contributed by atoms with Gasteiger partial charge in [-0.25, -0.2) is 4.98 Å². The minimum atomic E-state index is -0.345. The average molecular weight is 440 g/mol. The number of carbonyl (C=O) groups excluding carboxylic acids is 1. The highest BCUT2D eigenvalue weighted by atomic mass is 35.5. The molecule has 4 aromatic rings. The lowest BCUT2D eigenvalue weighted by atomic mass is 10.1. The van der Waals surface area contributed by atoms with E-state index in [4.69, 9.17) is 23.8 Å². The summed E-state index contributed by atoms with van der Waals surface area (Å²) < 4.78 is 3.60. The molecule has 0 atom stereocenters. The molecule has 2 aromatic heterocycles. The van der Waals surface area contributed by atoms with Crippen LogP contribution in [-0.4, -0.2) is 25.0 Å². The molecule has 30 heavy (non-hydrogen) atoms. The van der Waals surface area contributed by atoms with Gasteiger partial charge in [0, 0.05) is 29.5 Å². The predicted octanol–water partition coefficient (Wildman–Crippen LogP) is 4.23. The van der Waals surface area contributed by atoms with Gasteiger partial charge in [-0.3, -0.25) is 19.5 Å². The zero-order chi connectivity index (χ0) is 21.3. The number of nitrogens with one attached hydrogen (secondary N) is 2. The minimum absolute atomic E-state index is 0.182. The number of anilines is 1. The average Bonchev–Trinajstić information content (AvgIpc) is 3.16. The third-order valence-electron chi connectivity index (χ3n) is 4.80. The second-order valence-electron chi connectivity index (χ2n) is 6.66. The summed E-state index contributed by atoms with van der Waals surface area (Å²) in [5.74, 6) is 0.0526. The van der Waals surface area contributed by atoms with E-state index in [-0.39, 0.29) is 11.5 Å². The van der Waals surface area contributed by atoms with Crippen LogP contribution in [0.4, 0.5) is 5.95 Å². The van der Waals surface area contributed by atoms with Gasteiger partial charge in [0.1, 0.15) is 0 Å². The van der Waals surface area contributed by atoms with Crippen molar-refractivity contribution in [1.82, 2.24) is 19.1 Å². The number of rotatable bonds is 5. The summed E-state index contributed by atoms with van der Waals surface area (Å²) in [5.41, 5.74) is 1.63. The Balaban J connectivity index is 1.62. The number of benzene rings is 2. The van der Waals surface area contributed by atoms with Crippen LogP contribution in [0, 0.1) is 4.77 Å². The predicted molar refractivity (Wildman–Crippen MR) is 120 cm³/mol. The Morgan fingerprint density at radius 2 is 2.07 bits per heavy atom. The molecule has 0 fully saturated rings. The number of aromatic amines is 1. The van der Waals surface area contributed by atoms with E-state index in [0.717, 1.165) is 5.56 Å². The van der Waals surface area contributed by atoms with Gasteiger partial charge in [0.2, 0.25) is 5.95 Å². The Labute approximate surface area is 182 Å². The van der Waals surface area contributed by atoms with Crippen molar-refractivity contribution in [3.8, 4) is 0 Å². The lowest BCUT2D eigenvalue weighted by molar-refractivity contribution is 0.102. The van der Waals surface area contributed by atoms with Gasteiger partial charge in [-0.1, -0.05) is 29.8 Å². The van der Waals surface area contributed by atoms with Crippen LogP contribution < -0.4 is 10.9 Å². The van der Waals surface area contributed by atoms with Crippen LogP contribution in [0.25, 0.3) is 10.9 Å². The molecule has 2 aromatic carbocycles. The zero-order valence-corrected chi connectivity index (χ0v) is 17.6. The first kappa shape index (κ1) is 20.1. The van der Waals surface area contributed by atoms with Crippen LogP contribution in [0.3, 0.4) is 0 Å². The van der Waals surface area contributed by atoms with Gasteiger partial charge in [-0.15, -0.1) is 0 Å². The first-order valence-corrected chi connectivity index (χ1v) is 10.1. The molecule has 0 radical (unpaired) electrons. The number of halogens is 1. The van der Waals surface area contributed by atoms with Crippen molar-refractivity contribution in [2.45, 2.75) is 20.0 Å². The van der Waals surface area contributed by atoms with E-state index in [2.05, 4.69) is 15.3 Å². The highest BCUT2D eigenvalue weighted by molar-refractivity contribution is 7.71. The van der Waals surface area contributed by atoms with Crippen LogP contribution in [0.15, 0.2) is 59.7 Å². The molecular formula is C21H18ClN5O2S. The van der Waals surface area contributed by atoms with Crippen molar-refractivity contribution in [3.05, 3.63) is 86.1 Å². The Bertz CT molecular complexity index is 1370. The van der Waals surface area contributed by atoms with Gasteiger partial charge in [-0.2, -0.15) is 0 Å². The summed E-state index contributed by atoms with van der Waals surface area (Å²) in [6.07, 6.45) is 3.38. The molecule has 0 aliphatic carbocycles. The van der Waals surface area contributed by atoms with Crippen LogP contribution >= 0.6 is 23.8 Å². The molecule has 2 heterocycles. The minimum Gasteiger partial charge on any atom is -0.332 e. The monoisotopic (exact) mass is 439 g/mol. The lowest BCUT2D eigenvalue weighted by Crippen LogP contribution is -2.22. The summed E-state index contributed by atoms with van der Waals surface area (Å²) in [6, 6.07) is 12.4. The maximum atomic E-state index is 12.8. The molecule has 9 heteroatoms. The van der Waals surface area contributed by atoms with Crippen molar-refractivity contribution < 1.29 is 4.79 Å². The van der Waals surface area contributed by atoms with Crippen LogP contribution in [0.5, 0.6) is 0 Å². The van der Waals surface area contributed by atoms with E-state index in [1.165, 1.54) is 4.57 Å². The summed E-state index contributed by atoms with van der Waals surface area (Å²) in [5, 5.41) is 3.93. The molecule has 0 saturated heterocycles. The summed E-state index contributed by atoms with van der Waals surface area (Å²) in [4.78, 5) is 32.6. The molecule has 1 amide bonds. The molecule has 0 saturated carbocycles. The number of amides is 1. The van der Waals surface area contributed by atoms with Gasteiger partial charge in [-0.05, 0) is 49.0 Å². The van der Waals surface area contributed by atoms with Gasteiger partial charge in [0.15, 0.2) is 4.77 Å². The fraction of sp³-hybridized carbons (Fsp3) is 0.143. The Hall–Kier alpha value is -3.23. The van der Waals surface area contributed by atoms with E-state index in [1.807, 2.05) is 31.2 Å². The maximum absolute atomic E-state index is 12.8. The first-order chi connectivity index (χ1) is 14.5. The number of H-pyrrole nitrogens is 1. The Morgan fingerprint density at radius 3 is 2.83 bits per heavy atom. The third-order valence-corrected chi connectivity index (χ3v) is 5.49. The number of imidazole rings is 1. The van der Waals surface area contributed by atoms with E-state index in [0.29, 0.717) is 45.3 Å². The number of hydrogen-bond donors (Lipinski definition) is 2. The van der Waals surface area contributed by atoms with Crippen molar-refractivity contribution >= 4 is 46.6 Å². The zero-order valence-electron chi connectivity index (χ0n) is 16.1. The SMILES string of the molecule is CCn1c(=S)[nH]c2cc(C(=O)Nc3nccn3Cc3ccccc3Cl)ccc2c1=O. The van der Waals surface area contributed by atoms with Crippen molar-refractivity contribution in [1.29, 1.82) is 0 Å². The summed E-state index contributed by atoms with van der Waals surface area (Å²) >= 11 is 11.5. The third kappa shape index (κ3) is 3.79. The normalized spacial score (nSPS) is 11.0. The standard InChI is InChI=1S/C21H18ClN5O2S/c1-2-27-19(29)15-8-7-13(11-17(15)24-21(27)30)18(28)25-20-23-9-10-26(20)12-14-5-3-4-6-16(14)22/h3-11H,2,12H2,1H3,(H,24,30)(H,23,25,28). The first-order valence-electron chi connectivity index (χ1n) is 9.30. The highest BCUT2D eigenvalue weighted by Crippen LogP contribution is 2.19. The van der Waals surface area contributed by atoms with Crippen LogP contribution in [0.2, 0.25) is 5.02 Å². The van der Waals surface area contributed by atoms with Gasteiger partial charge in [0.05, 0.1) is 17.4 Å². The van der Waals surface area contributed by atoms with E-state index in [1.54, 1.807) is 35.2 Å². The fourth-order valence-corrected chi connectivity index (χ4v) is 3.75. The quantitative estimate of drug-likeness (QED) is 0.456. The maximum Gasteiger partial charge on any atom is 0.262 e. The number of nitrogens with zero attached hydrogens (tertiary/aromatic N) is 3. The molecule has 0 spiro atoms. The molecule has 4 rings (SSSR count). The molecule has 2 N–H and O–H groups in total. The van der Waals surface area contributed by atoms with Gasteiger partial charge < -0.3 is 9.55 Å². The number of carbonyl (C=O) groups is 1. The molecule has 0 aliphatic rings. The second-order valence-corrected chi connectivity index (χ2v) is 7.46. The van der Waals surface area contributed by atoms with Crippen LogP contribution in [-0.2, 0) is 13.1 Å². The van der Waals surface area contributed by atoms with E-state index < -0.39 is 0 Å². The molecular weight excluding hydrogens is 422 g/mol. The van der Waals surface area contributed by atoms with E-state index >= 15 is 0 Å². The lowest BCUT2D eigenvalue weighted by Gasteiger charge is -2.11. The van der Waals surface area contributed by atoms with Crippen LogP contribution in [0.1, 0.15) is 22.8 Å². The molecule has 7 nitrogen and oxygen atoms in total. The van der Waals surface area contributed by atoms with Crippen molar-refractivity contribution in [3.63, 3.8) is 0 Å². The summed E-state index contributed by atoms with van der Waals surface area (Å²) in [7, 11) is 0. The van der Waals surface area contributed by atoms with Crippen molar-refractivity contribution in [2.75, 3.05) is 5.32 Å². The number of hydrogen-bond acceptors (Lipinski definition) is 4. The smallest absolute Gasteiger partial charge is 0.262 e. The largest absolute Gasteiger partial charge is 0.332 e. The van der Waals surface area contributed by atoms with Gasteiger partial charge >= 0.3 is 0 Å². The Kier molecular flexibility index (Phi) is 5.52. The topological polar surface area (TPSA) is 84.7 Å². The van der Waals surface area contributed by atoms with E-state index in [9.17, 15) is 9.59 Å². The number of aromatic nitrogens is 4. The summed E-state index contributed by atoms with van der Waals surface area (Å²) in [6.45, 7) is 2.79. The number of fused-ring (bicyclic) bond motifs is 1. The molecule has 0 bridgehead atoms. The van der Waals surface area contributed by atoms with Crippen molar-refractivity contribution in [2.24, 2.45) is 0 Å². The fourth-order valence-electron chi connectivity index (χ4n) is 3.23. The highest BCUT2D eigenvalue weighted by Gasteiger charge is 2.13.